The van der Waals surface area contributed by atoms with E-state index in [1.165, 1.54) is 11.8 Å². The molecule has 15 heavy (non-hydrogen) atoms. The molecule has 0 aromatic rings. The highest BCUT2D eigenvalue weighted by Gasteiger charge is 2.35. The van der Waals surface area contributed by atoms with E-state index < -0.39 is 0 Å². The van der Waals surface area contributed by atoms with Crippen LogP contribution in [0.15, 0.2) is 9.93 Å². The summed E-state index contributed by atoms with van der Waals surface area (Å²) in [6.07, 6.45) is 0. The van der Waals surface area contributed by atoms with Gasteiger partial charge in [-0.15, -0.1) is 11.8 Å². The molecule has 0 aromatic heterocycles. The van der Waals surface area contributed by atoms with Crippen molar-refractivity contribution >= 4 is 46.0 Å². The Morgan fingerprint density at radius 3 is 2.73 bits per heavy atom. The van der Waals surface area contributed by atoms with Crippen molar-refractivity contribution in [2.45, 2.75) is 6.92 Å². The SMILES string of the molecule is CCN1C(=O)/C(=C2/SCCN2C)SC1=S. The molecule has 0 bridgehead atoms. The van der Waals surface area contributed by atoms with Crippen LogP contribution in [-0.2, 0) is 4.79 Å². The van der Waals surface area contributed by atoms with Crippen molar-refractivity contribution in [2.24, 2.45) is 0 Å². The molecule has 1 amide bonds. The molecule has 3 nitrogen and oxygen atoms in total. The maximum absolute atomic E-state index is 12.0. The molecule has 0 saturated carbocycles. The van der Waals surface area contributed by atoms with Crippen molar-refractivity contribution in [2.75, 3.05) is 25.9 Å². The molecule has 6 heteroatoms. The molecule has 0 radical (unpaired) electrons. The Morgan fingerprint density at radius 2 is 2.27 bits per heavy atom. The largest absolute Gasteiger partial charge is 0.368 e. The monoisotopic (exact) mass is 260 g/mol. The average molecular weight is 260 g/mol. The first-order valence-corrected chi connectivity index (χ1v) is 6.98. The summed E-state index contributed by atoms with van der Waals surface area (Å²) in [6.45, 7) is 3.62. The highest BCUT2D eigenvalue weighted by atomic mass is 32.2. The van der Waals surface area contributed by atoms with Gasteiger partial charge < -0.3 is 4.90 Å². The number of hydrogen-bond acceptors (Lipinski definition) is 5. The van der Waals surface area contributed by atoms with E-state index in [1.807, 2.05) is 14.0 Å². The lowest BCUT2D eigenvalue weighted by molar-refractivity contribution is -0.122. The summed E-state index contributed by atoms with van der Waals surface area (Å²) < 4.78 is 0.686. The van der Waals surface area contributed by atoms with Gasteiger partial charge in [-0.25, -0.2) is 0 Å². The minimum atomic E-state index is 0.0729. The molecular weight excluding hydrogens is 248 g/mol. The van der Waals surface area contributed by atoms with Crippen molar-refractivity contribution < 1.29 is 4.79 Å². The van der Waals surface area contributed by atoms with Gasteiger partial charge in [0.25, 0.3) is 5.91 Å². The Hall–Kier alpha value is -0.200. The van der Waals surface area contributed by atoms with E-state index in [4.69, 9.17) is 12.2 Å². The molecule has 0 N–H and O–H groups in total. The van der Waals surface area contributed by atoms with Gasteiger partial charge in [-0.05, 0) is 6.92 Å². The Kier molecular flexibility index (Phi) is 3.27. The number of likely N-dealkylation sites (N-methyl/N-ethyl adjacent to an activating group) is 1. The first-order valence-electron chi connectivity index (χ1n) is 4.77. The fraction of sp³-hybridized carbons (Fsp3) is 0.556. The van der Waals surface area contributed by atoms with Crippen LogP contribution in [0, 0.1) is 0 Å². The van der Waals surface area contributed by atoms with Gasteiger partial charge in [-0.3, -0.25) is 9.69 Å². The second-order valence-electron chi connectivity index (χ2n) is 3.32. The van der Waals surface area contributed by atoms with Crippen molar-refractivity contribution in [1.29, 1.82) is 0 Å². The average Bonchev–Trinajstić information content (AvgIpc) is 2.71. The Balaban J connectivity index is 2.32. The second kappa shape index (κ2) is 4.35. The first kappa shape index (κ1) is 11.3. The van der Waals surface area contributed by atoms with E-state index in [9.17, 15) is 4.79 Å². The number of rotatable bonds is 1. The molecule has 0 aliphatic carbocycles. The van der Waals surface area contributed by atoms with Crippen LogP contribution in [0.4, 0.5) is 0 Å². The topological polar surface area (TPSA) is 23.6 Å². The van der Waals surface area contributed by atoms with E-state index in [-0.39, 0.29) is 5.91 Å². The summed E-state index contributed by atoms with van der Waals surface area (Å²) in [5.74, 6) is 1.13. The molecule has 2 rings (SSSR count). The molecule has 0 atom stereocenters. The van der Waals surface area contributed by atoms with Gasteiger partial charge in [0.15, 0.2) is 0 Å². The van der Waals surface area contributed by atoms with Gasteiger partial charge in [-0.2, -0.15) is 0 Å². The van der Waals surface area contributed by atoms with Gasteiger partial charge in [-0.1, -0.05) is 24.0 Å². The van der Waals surface area contributed by atoms with Crippen molar-refractivity contribution in [3.05, 3.63) is 9.93 Å². The Bertz CT molecular complexity index is 353. The molecule has 2 aliphatic heterocycles. The highest BCUT2D eigenvalue weighted by molar-refractivity contribution is 8.27. The lowest BCUT2D eigenvalue weighted by Crippen LogP contribution is -2.28. The molecular formula is C9H12N2OS3. The molecule has 2 heterocycles. The van der Waals surface area contributed by atoms with Crippen LogP contribution in [0.3, 0.4) is 0 Å². The quantitative estimate of drug-likeness (QED) is 0.528. The number of carbonyl (C=O) groups is 1. The predicted molar refractivity (Wildman–Crippen MR) is 69.7 cm³/mol. The van der Waals surface area contributed by atoms with E-state index in [1.54, 1.807) is 16.7 Å². The van der Waals surface area contributed by atoms with Crippen LogP contribution in [0.5, 0.6) is 0 Å². The number of thiocarbonyl (C=S) groups is 1. The van der Waals surface area contributed by atoms with Gasteiger partial charge in [0.05, 0.1) is 5.03 Å². The molecule has 0 unspecified atom stereocenters. The van der Waals surface area contributed by atoms with Gasteiger partial charge in [0.2, 0.25) is 0 Å². The van der Waals surface area contributed by atoms with E-state index >= 15 is 0 Å². The fourth-order valence-corrected chi connectivity index (χ4v) is 4.32. The smallest absolute Gasteiger partial charge is 0.268 e. The molecule has 0 spiro atoms. The number of thioether (sulfide) groups is 2. The Labute approximate surface area is 103 Å². The molecule has 2 fully saturated rings. The normalized spacial score (nSPS) is 27.1. The highest BCUT2D eigenvalue weighted by Crippen LogP contribution is 2.40. The van der Waals surface area contributed by atoms with Crippen LogP contribution in [-0.4, -0.2) is 45.9 Å². The predicted octanol–water partition coefficient (Wildman–Crippen LogP) is 1.71. The van der Waals surface area contributed by atoms with Gasteiger partial charge in [0, 0.05) is 25.9 Å². The van der Waals surface area contributed by atoms with Crippen LogP contribution in [0.2, 0.25) is 0 Å². The van der Waals surface area contributed by atoms with E-state index in [0.717, 1.165) is 22.2 Å². The summed E-state index contributed by atoms with van der Waals surface area (Å²) >= 11 is 8.35. The maximum atomic E-state index is 12.0. The summed E-state index contributed by atoms with van der Waals surface area (Å²) in [5.41, 5.74) is 0. The van der Waals surface area contributed by atoms with Crippen molar-refractivity contribution in [3.8, 4) is 0 Å². The van der Waals surface area contributed by atoms with E-state index in [2.05, 4.69) is 4.90 Å². The molecule has 0 aromatic carbocycles. The fourth-order valence-electron chi connectivity index (χ4n) is 1.53. The third-order valence-corrected chi connectivity index (χ3v) is 5.11. The summed E-state index contributed by atoms with van der Waals surface area (Å²) in [4.78, 5) is 16.6. The third-order valence-electron chi connectivity index (χ3n) is 2.37. The molecule has 2 aliphatic rings. The molecule has 2 saturated heterocycles. The number of hydrogen-bond donors (Lipinski definition) is 0. The lowest BCUT2D eigenvalue weighted by atomic mass is 10.4. The summed E-state index contributed by atoms with van der Waals surface area (Å²) in [7, 11) is 2.02. The summed E-state index contributed by atoms with van der Waals surface area (Å²) in [5, 5.41) is 1.09. The zero-order chi connectivity index (χ0) is 11.0. The minimum Gasteiger partial charge on any atom is -0.368 e. The third kappa shape index (κ3) is 1.90. The van der Waals surface area contributed by atoms with E-state index in [0.29, 0.717) is 10.9 Å². The van der Waals surface area contributed by atoms with Gasteiger partial charge >= 0.3 is 0 Å². The van der Waals surface area contributed by atoms with Crippen LogP contribution >= 0.6 is 35.7 Å². The standard InChI is InChI=1S/C9H12N2OS3/c1-3-11-7(12)6(15-9(11)13)8-10(2)4-5-14-8/h3-5H2,1-2H3/b8-6-. The summed E-state index contributed by atoms with van der Waals surface area (Å²) in [6, 6.07) is 0. The number of amides is 1. The van der Waals surface area contributed by atoms with Crippen LogP contribution < -0.4 is 0 Å². The van der Waals surface area contributed by atoms with Crippen molar-refractivity contribution in [3.63, 3.8) is 0 Å². The Morgan fingerprint density at radius 1 is 1.53 bits per heavy atom. The number of carbonyl (C=O) groups excluding carboxylic acids is 1. The zero-order valence-electron chi connectivity index (χ0n) is 8.65. The van der Waals surface area contributed by atoms with Crippen LogP contribution in [0.1, 0.15) is 6.92 Å². The maximum Gasteiger partial charge on any atom is 0.268 e. The van der Waals surface area contributed by atoms with Gasteiger partial charge in [0.1, 0.15) is 9.23 Å². The lowest BCUT2D eigenvalue weighted by Gasteiger charge is -2.13. The van der Waals surface area contributed by atoms with Crippen LogP contribution in [0.25, 0.3) is 0 Å². The minimum absolute atomic E-state index is 0.0729. The second-order valence-corrected chi connectivity index (χ2v) is 6.05. The van der Waals surface area contributed by atoms with Crippen molar-refractivity contribution in [1.82, 2.24) is 9.80 Å². The molecule has 82 valence electrons. The first-order chi connectivity index (χ1) is 7.15. The zero-order valence-corrected chi connectivity index (χ0v) is 11.1. The number of nitrogens with zero attached hydrogens (tertiary/aromatic N) is 2.